The number of rotatable bonds is 3. The Labute approximate surface area is 88.1 Å². The van der Waals surface area contributed by atoms with E-state index in [1.54, 1.807) is 0 Å². The van der Waals surface area contributed by atoms with Crippen molar-refractivity contribution in [2.24, 2.45) is 0 Å². The Kier molecular flexibility index (Phi) is 2.66. The first-order valence-corrected chi connectivity index (χ1v) is 5.45. The molecule has 72 valence electrons. The van der Waals surface area contributed by atoms with E-state index in [0.29, 0.717) is 0 Å². The van der Waals surface area contributed by atoms with Crippen molar-refractivity contribution in [3.8, 4) is 0 Å². The molecule has 1 aromatic carbocycles. The van der Waals surface area contributed by atoms with Crippen LogP contribution in [0.4, 0.5) is 0 Å². The minimum absolute atomic E-state index is 0.271. The highest BCUT2D eigenvalue weighted by Crippen LogP contribution is 2.29. The van der Waals surface area contributed by atoms with Crippen LogP contribution in [0, 0.1) is 0 Å². The van der Waals surface area contributed by atoms with Crippen molar-refractivity contribution in [2.45, 2.75) is 6.04 Å². The number of hydrogen-bond acceptors (Lipinski definition) is 2. The summed E-state index contributed by atoms with van der Waals surface area (Å²) < 4.78 is 1.34. The van der Waals surface area contributed by atoms with Crippen LogP contribution in [0.15, 0.2) is 43.0 Å². The molecule has 0 bridgehead atoms. The Morgan fingerprint density at radius 1 is 1.43 bits per heavy atom. The van der Waals surface area contributed by atoms with Crippen LogP contribution in [0.1, 0.15) is 10.9 Å². The molecule has 0 aliphatic carbocycles. The highest BCUT2D eigenvalue weighted by molar-refractivity contribution is 7.19. The molecule has 2 rings (SSSR count). The second-order valence-electron chi connectivity index (χ2n) is 3.19. The average molecular weight is 203 g/mol. The molecule has 2 aromatic rings. The lowest BCUT2D eigenvalue weighted by molar-refractivity contribution is 0.729. The monoisotopic (exact) mass is 203 g/mol. The van der Waals surface area contributed by atoms with Crippen LogP contribution in [0.3, 0.4) is 0 Å². The van der Waals surface area contributed by atoms with Crippen LogP contribution in [-0.4, -0.2) is 7.05 Å². The van der Waals surface area contributed by atoms with Crippen molar-refractivity contribution in [1.29, 1.82) is 0 Å². The smallest absolute Gasteiger partial charge is 0.0596 e. The van der Waals surface area contributed by atoms with Crippen LogP contribution >= 0.6 is 11.3 Å². The molecule has 0 fully saturated rings. The molecule has 0 saturated heterocycles. The van der Waals surface area contributed by atoms with Gasteiger partial charge in [-0.25, -0.2) is 0 Å². The van der Waals surface area contributed by atoms with Crippen molar-refractivity contribution >= 4 is 21.4 Å². The molecular weight excluding hydrogens is 190 g/mol. The summed E-state index contributed by atoms with van der Waals surface area (Å²) in [6.07, 6.45) is 1.94. The van der Waals surface area contributed by atoms with E-state index < -0.39 is 0 Å². The largest absolute Gasteiger partial charge is 0.309 e. The summed E-state index contributed by atoms with van der Waals surface area (Å²) in [6.45, 7) is 3.82. The Morgan fingerprint density at radius 3 is 2.86 bits per heavy atom. The quantitative estimate of drug-likeness (QED) is 0.754. The molecule has 1 aromatic heterocycles. The molecule has 0 spiro atoms. The number of nitrogens with one attached hydrogen (secondary N) is 1. The van der Waals surface area contributed by atoms with Crippen molar-refractivity contribution in [1.82, 2.24) is 5.32 Å². The highest BCUT2D eigenvalue weighted by atomic mass is 32.1. The maximum Gasteiger partial charge on any atom is 0.0596 e. The predicted molar refractivity (Wildman–Crippen MR) is 63.8 cm³/mol. The Bertz CT molecular complexity index is 411. The maximum atomic E-state index is 3.82. The number of likely N-dealkylation sites (N-methyl/N-ethyl adjacent to an activating group) is 1. The summed E-state index contributed by atoms with van der Waals surface area (Å²) in [5.41, 5.74) is 0. The molecule has 1 atom stereocenters. The SMILES string of the molecule is C=CC(NC)c1cc2ccccc2s1. The maximum absolute atomic E-state index is 3.82. The topological polar surface area (TPSA) is 12.0 Å². The number of benzene rings is 1. The minimum Gasteiger partial charge on any atom is -0.309 e. The average Bonchev–Trinajstić information content (AvgIpc) is 2.63. The fourth-order valence-corrected chi connectivity index (χ4v) is 2.70. The fraction of sp³-hybridized carbons (Fsp3) is 0.167. The summed E-state index contributed by atoms with van der Waals surface area (Å²) in [5, 5.41) is 4.54. The summed E-state index contributed by atoms with van der Waals surface area (Å²) >= 11 is 1.82. The van der Waals surface area contributed by atoms with Crippen LogP contribution in [0.5, 0.6) is 0 Å². The van der Waals surface area contributed by atoms with E-state index in [2.05, 4.69) is 42.2 Å². The summed E-state index contributed by atoms with van der Waals surface area (Å²) in [4.78, 5) is 1.32. The highest BCUT2D eigenvalue weighted by Gasteiger charge is 2.07. The Hall–Kier alpha value is -1.12. The van der Waals surface area contributed by atoms with Crippen molar-refractivity contribution in [3.63, 3.8) is 0 Å². The Morgan fingerprint density at radius 2 is 2.21 bits per heavy atom. The molecule has 0 saturated carbocycles. The molecule has 1 unspecified atom stereocenters. The van der Waals surface area contributed by atoms with E-state index in [9.17, 15) is 0 Å². The summed E-state index contributed by atoms with van der Waals surface area (Å²) in [6, 6.07) is 10.9. The second-order valence-corrected chi connectivity index (χ2v) is 4.30. The predicted octanol–water partition coefficient (Wildman–Crippen LogP) is 3.35. The van der Waals surface area contributed by atoms with Crippen LogP contribution in [-0.2, 0) is 0 Å². The van der Waals surface area contributed by atoms with Gasteiger partial charge in [-0.2, -0.15) is 0 Å². The lowest BCUT2D eigenvalue weighted by Gasteiger charge is -2.06. The van der Waals surface area contributed by atoms with E-state index in [4.69, 9.17) is 0 Å². The number of hydrogen-bond donors (Lipinski definition) is 1. The van der Waals surface area contributed by atoms with Crippen LogP contribution in [0.2, 0.25) is 0 Å². The van der Waals surface area contributed by atoms with Gasteiger partial charge in [-0.1, -0.05) is 24.3 Å². The molecule has 0 amide bonds. The molecule has 14 heavy (non-hydrogen) atoms. The normalized spacial score (nSPS) is 12.9. The van der Waals surface area contributed by atoms with Gasteiger partial charge in [-0.05, 0) is 24.6 Å². The fourth-order valence-electron chi connectivity index (χ4n) is 1.53. The van der Waals surface area contributed by atoms with E-state index >= 15 is 0 Å². The molecule has 1 heterocycles. The second kappa shape index (κ2) is 3.95. The molecule has 0 aliphatic rings. The molecule has 0 radical (unpaired) electrons. The zero-order chi connectivity index (χ0) is 9.97. The third-order valence-corrected chi connectivity index (χ3v) is 3.50. The lowest BCUT2D eigenvalue weighted by Crippen LogP contribution is -2.11. The van der Waals surface area contributed by atoms with Gasteiger partial charge in [0, 0.05) is 9.58 Å². The van der Waals surface area contributed by atoms with Gasteiger partial charge in [0.1, 0.15) is 0 Å². The van der Waals surface area contributed by atoms with E-state index in [-0.39, 0.29) is 6.04 Å². The van der Waals surface area contributed by atoms with Crippen LogP contribution in [0.25, 0.3) is 10.1 Å². The molecule has 2 heteroatoms. The third kappa shape index (κ3) is 1.59. The van der Waals surface area contributed by atoms with E-state index in [0.717, 1.165) is 0 Å². The van der Waals surface area contributed by atoms with Gasteiger partial charge in [-0.15, -0.1) is 17.9 Å². The lowest BCUT2D eigenvalue weighted by atomic mass is 10.2. The van der Waals surface area contributed by atoms with E-state index in [1.165, 1.54) is 15.0 Å². The third-order valence-electron chi connectivity index (χ3n) is 2.30. The molecule has 1 nitrogen and oxygen atoms in total. The number of thiophene rings is 1. The zero-order valence-electron chi connectivity index (χ0n) is 8.16. The zero-order valence-corrected chi connectivity index (χ0v) is 8.97. The standard InChI is InChI=1S/C12H13NS/c1-3-10(13-2)12-8-9-6-4-5-7-11(9)14-12/h3-8,10,13H,1H2,2H3. The van der Waals surface area contributed by atoms with Gasteiger partial charge >= 0.3 is 0 Å². The molecule has 1 N–H and O–H groups in total. The molecular formula is C12H13NS. The summed E-state index contributed by atoms with van der Waals surface area (Å²) in [7, 11) is 1.96. The first kappa shape index (κ1) is 9.44. The Balaban J connectivity index is 2.48. The van der Waals surface area contributed by atoms with Gasteiger partial charge in [-0.3, -0.25) is 0 Å². The van der Waals surface area contributed by atoms with Gasteiger partial charge in [0.05, 0.1) is 6.04 Å². The van der Waals surface area contributed by atoms with Gasteiger partial charge in [0.15, 0.2) is 0 Å². The number of fused-ring (bicyclic) bond motifs is 1. The van der Waals surface area contributed by atoms with Gasteiger partial charge in [0.2, 0.25) is 0 Å². The van der Waals surface area contributed by atoms with E-state index in [1.807, 2.05) is 24.5 Å². The first-order chi connectivity index (χ1) is 6.85. The first-order valence-electron chi connectivity index (χ1n) is 4.63. The minimum atomic E-state index is 0.271. The van der Waals surface area contributed by atoms with Crippen molar-refractivity contribution in [3.05, 3.63) is 47.9 Å². The van der Waals surface area contributed by atoms with Gasteiger partial charge in [0.25, 0.3) is 0 Å². The summed E-state index contributed by atoms with van der Waals surface area (Å²) in [5.74, 6) is 0. The van der Waals surface area contributed by atoms with Crippen molar-refractivity contribution in [2.75, 3.05) is 7.05 Å². The molecule has 0 aliphatic heterocycles. The van der Waals surface area contributed by atoms with Crippen LogP contribution < -0.4 is 5.32 Å². The van der Waals surface area contributed by atoms with Gasteiger partial charge < -0.3 is 5.32 Å². The van der Waals surface area contributed by atoms with Crippen molar-refractivity contribution < 1.29 is 0 Å².